The summed E-state index contributed by atoms with van der Waals surface area (Å²) in [5.41, 5.74) is 0. The largest absolute Gasteiger partial charge is 0.496 e. The lowest BCUT2D eigenvalue weighted by molar-refractivity contribution is 0.420. The Labute approximate surface area is 169 Å². The Kier molecular flexibility index (Phi) is 3.37. The first kappa shape index (κ1) is 16.2. The van der Waals surface area contributed by atoms with E-state index in [2.05, 4.69) is 59.3 Å². The van der Waals surface area contributed by atoms with Crippen LogP contribution in [0.1, 0.15) is 0 Å². The molecule has 2 nitrogen and oxygen atoms in total. The Morgan fingerprint density at radius 3 is 1.46 bits per heavy atom. The fourth-order valence-corrected chi connectivity index (χ4v) is 6.24. The molecule has 0 aliphatic carbocycles. The molecule has 0 aliphatic heterocycles. The summed E-state index contributed by atoms with van der Waals surface area (Å²) in [5.74, 6) is 1.85. The van der Waals surface area contributed by atoms with Gasteiger partial charge in [0, 0.05) is 20.2 Å². The molecule has 0 amide bonds. The lowest BCUT2D eigenvalue weighted by Crippen LogP contribution is -1.91. The maximum atomic E-state index is 5.87. The van der Waals surface area contributed by atoms with Crippen LogP contribution in [0.3, 0.4) is 0 Å². The summed E-state index contributed by atoms with van der Waals surface area (Å²) >= 11 is 3.52. The van der Waals surface area contributed by atoms with Crippen molar-refractivity contribution in [2.45, 2.75) is 0 Å². The minimum atomic E-state index is 0.924. The Morgan fingerprint density at radius 2 is 1.04 bits per heavy atom. The van der Waals surface area contributed by atoms with Gasteiger partial charge in [0.2, 0.25) is 0 Å². The lowest BCUT2D eigenvalue weighted by atomic mass is 9.94. The van der Waals surface area contributed by atoms with E-state index in [-0.39, 0.29) is 0 Å². The Hall–Kier alpha value is -2.82. The van der Waals surface area contributed by atoms with E-state index in [9.17, 15) is 0 Å². The van der Waals surface area contributed by atoms with Gasteiger partial charge in [0.1, 0.15) is 11.5 Å². The molecule has 0 aliphatic rings. The van der Waals surface area contributed by atoms with Crippen molar-refractivity contribution < 1.29 is 9.47 Å². The highest BCUT2D eigenvalue weighted by Crippen LogP contribution is 2.46. The summed E-state index contributed by atoms with van der Waals surface area (Å²) in [6.07, 6.45) is 0. The molecule has 2 aromatic heterocycles. The first-order valence-electron chi connectivity index (χ1n) is 9.07. The van der Waals surface area contributed by atoms with Crippen LogP contribution < -0.4 is 9.47 Å². The third-order valence-corrected chi connectivity index (χ3v) is 7.49. The summed E-state index contributed by atoms with van der Waals surface area (Å²) in [6.45, 7) is 0. The molecule has 0 unspecified atom stereocenters. The van der Waals surface area contributed by atoms with Gasteiger partial charge >= 0.3 is 0 Å². The highest BCUT2D eigenvalue weighted by molar-refractivity contribution is 7.18. The van der Waals surface area contributed by atoms with Gasteiger partial charge in [0.25, 0.3) is 0 Å². The standard InChI is InChI=1S/C24H16O2S2/c1-25-19-11-17-16-6-4-14-8-10-28-24(14)22(16)20(26-2)12-18(17)15-5-3-13-7-9-27-23(13)21(15)19/h3-12H,1-2H3. The van der Waals surface area contributed by atoms with Crippen LogP contribution in [0.2, 0.25) is 0 Å². The maximum Gasteiger partial charge on any atom is 0.128 e. The minimum absolute atomic E-state index is 0.924. The number of fused-ring (bicyclic) bond motifs is 9. The molecule has 0 radical (unpaired) electrons. The van der Waals surface area contributed by atoms with E-state index in [1.807, 2.05) is 0 Å². The van der Waals surface area contributed by atoms with Crippen molar-refractivity contribution in [1.29, 1.82) is 0 Å². The molecule has 4 heteroatoms. The fraction of sp³-hybridized carbons (Fsp3) is 0.0833. The van der Waals surface area contributed by atoms with Crippen LogP contribution in [0.25, 0.3) is 52.5 Å². The number of hydrogen-bond donors (Lipinski definition) is 0. The van der Waals surface area contributed by atoms with Crippen molar-refractivity contribution >= 4 is 75.2 Å². The predicted molar refractivity (Wildman–Crippen MR) is 123 cm³/mol. The second-order valence-electron chi connectivity index (χ2n) is 6.91. The molecule has 6 rings (SSSR count). The summed E-state index contributed by atoms with van der Waals surface area (Å²) in [5, 5.41) is 14.0. The van der Waals surface area contributed by atoms with Gasteiger partial charge in [-0.05, 0) is 67.3 Å². The average Bonchev–Trinajstić information content (AvgIpc) is 3.40. The van der Waals surface area contributed by atoms with Gasteiger partial charge in [-0.25, -0.2) is 0 Å². The average molecular weight is 401 g/mol. The van der Waals surface area contributed by atoms with Gasteiger partial charge in [-0.2, -0.15) is 0 Å². The molecule has 4 aromatic carbocycles. The highest BCUT2D eigenvalue weighted by Gasteiger charge is 2.17. The van der Waals surface area contributed by atoms with Gasteiger partial charge in [0.05, 0.1) is 14.2 Å². The molecule has 6 aromatic rings. The molecule has 0 fully saturated rings. The molecular weight excluding hydrogens is 384 g/mol. The zero-order valence-corrected chi connectivity index (χ0v) is 17.0. The van der Waals surface area contributed by atoms with Crippen LogP contribution in [-0.4, -0.2) is 14.2 Å². The maximum absolute atomic E-state index is 5.87. The molecule has 136 valence electrons. The van der Waals surface area contributed by atoms with Crippen LogP contribution in [0.5, 0.6) is 11.5 Å². The molecule has 2 heterocycles. The van der Waals surface area contributed by atoms with E-state index in [0.29, 0.717) is 0 Å². The van der Waals surface area contributed by atoms with E-state index in [1.54, 1.807) is 36.9 Å². The quantitative estimate of drug-likeness (QED) is 0.279. The topological polar surface area (TPSA) is 18.5 Å². The summed E-state index contributed by atoms with van der Waals surface area (Å²) in [7, 11) is 3.52. The first-order chi connectivity index (χ1) is 13.8. The predicted octanol–water partition coefficient (Wildman–Crippen LogP) is 7.59. The van der Waals surface area contributed by atoms with Crippen LogP contribution in [0, 0.1) is 0 Å². The van der Waals surface area contributed by atoms with Gasteiger partial charge in [-0.1, -0.05) is 24.3 Å². The van der Waals surface area contributed by atoms with Crippen molar-refractivity contribution in [1.82, 2.24) is 0 Å². The number of hydrogen-bond acceptors (Lipinski definition) is 4. The van der Waals surface area contributed by atoms with E-state index in [1.165, 1.54) is 52.5 Å². The molecular formula is C24H16O2S2. The first-order valence-corrected chi connectivity index (χ1v) is 10.8. The zero-order chi connectivity index (χ0) is 18.8. The second kappa shape index (κ2) is 5.84. The minimum Gasteiger partial charge on any atom is -0.496 e. The van der Waals surface area contributed by atoms with Crippen molar-refractivity contribution in [2.24, 2.45) is 0 Å². The van der Waals surface area contributed by atoms with Crippen molar-refractivity contribution in [3.8, 4) is 11.5 Å². The van der Waals surface area contributed by atoms with Gasteiger partial charge in [-0.3, -0.25) is 0 Å². The number of benzene rings is 4. The Bertz CT molecular complexity index is 1420. The number of ether oxygens (including phenoxy) is 2. The normalized spacial score (nSPS) is 11.9. The van der Waals surface area contributed by atoms with E-state index in [4.69, 9.17) is 9.47 Å². The third kappa shape index (κ3) is 2.02. The van der Waals surface area contributed by atoms with E-state index >= 15 is 0 Å². The van der Waals surface area contributed by atoms with Gasteiger partial charge in [0.15, 0.2) is 0 Å². The van der Waals surface area contributed by atoms with Crippen molar-refractivity contribution in [3.05, 3.63) is 59.3 Å². The SMILES string of the molecule is COc1cc2c(cc(OC)c3c2ccc2ccsc23)c2ccc3ccsc3c12. The number of rotatable bonds is 2. The lowest BCUT2D eigenvalue weighted by Gasteiger charge is -2.15. The molecule has 0 spiro atoms. The third-order valence-electron chi connectivity index (χ3n) is 5.60. The summed E-state index contributed by atoms with van der Waals surface area (Å²) in [6, 6.07) is 17.5. The van der Waals surface area contributed by atoms with Crippen molar-refractivity contribution in [3.63, 3.8) is 0 Å². The molecule has 0 bridgehead atoms. The van der Waals surface area contributed by atoms with E-state index < -0.39 is 0 Å². The van der Waals surface area contributed by atoms with Gasteiger partial charge < -0.3 is 9.47 Å². The highest BCUT2D eigenvalue weighted by atomic mass is 32.1. The molecule has 0 saturated heterocycles. The number of methoxy groups -OCH3 is 2. The van der Waals surface area contributed by atoms with Crippen LogP contribution in [-0.2, 0) is 0 Å². The van der Waals surface area contributed by atoms with E-state index in [0.717, 1.165) is 11.5 Å². The van der Waals surface area contributed by atoms with Crippen LogP contribution >= 0.6 is 22.7 Å². The monoisotopic (exact) mass is 400 g/mol. The van der Waals surface area contributed by atoms with Gasteiger partial charge in [-0.15, -0.1) is 22.7 Å². The Morgan fingerprint density at radius 1 is 0.571 bits per heavy atom. The molecule has 0 N–H and O–H groups in total. The zero-order valence-electron chi connectivity index (χ0n) is 15.4. The van der Waals surface area contributed by atoms with Crippen LogP contribution in [0.15, 0.2) is 59.3 Å². The summed E-state index contributed by atoms with van der Waals surface area (Å²) in [4.78, 5) is 0. The molecule has 0 saturated carbocycles. The second-order valence-corrected chi connectivity index (χ2v) is 8.74. The van der Waals surface area contributed by atoms with Crippen molar-refractivity contribution in [2.75, 3.05) is 14.2 Å². The fourth-order valence-electron chi connectivity index (χ4n) is 4.33. The summed E-state index contributed by atoms with van der Waals surface area (Å²) < 4.78 is 14.3. The number of thiophene rings is 2. The molecule has 0 atom stereocenters. The Balaban J connectivity index is 1.92. The molecule has 28 heavy (non-hydrogen) atoms. The smallest absolute Gasteiger partial charge is 0.128 e. The van der Waals surface area contributed by atoms with Crippen LogP contribution in [0.4, 0.5) is 0 Å².